The molecule has 1 aromatic carbocycles. The predicted octanol–water partition coefficient (Wildman–Crippen LogP) is 0.237. The fourth-order valence-electron chi connectivity index (χ4n) is 2.09. The first kappa shape index (κ1) is 13.6. The molecule has 0 bridgehead atoms. The third kappa shape index (κ3) is 2.97. The minimum absolute atomic E-state index is 0.363. The van der Waals surface area contributed by atoms with Gasteiger partial charge in [0, 0.05) is 11.2 Å². The van der Waals surface area contributed by atoms with Crippen molar-refractivity contribution in [2.24, 2.45) is 0 Å². The minimum Gasteiger partial charge on any atom is -0.497 e. The normalized spacial score (nSPS) is 10.6. The van der Waals surface area contributed by atoms with Gasteiger partial charge in [-0.1, -0.05) is 12.1 Å². The Bertz CT molecular complexity index is 581. The smallest absolute Gasteiger partial charge is 0.492 e. The number of benzene rings is 1. The molecule has 0 atom stereocenters. The van der Waals surface area contributed by atoms with Crippen LogP contribution in [0.4, 0.5) is 0 Å². The Morgan fingerprint density at radius 3 is 2.53 bits per heavy atom. The van der Waals surface area contributed by atoms with E-state index in [9.17, 15) is 10.0 Å². The molecule has 0 amide bonds. The molecular weight excluding hydrogens is 243 g/mol. The number of hydrogen-bond donors (Lipinski definition) is 2. The average Bonchev–Trinajstić information content (AvgIpc) is 2.67. The quantitative estimate of drug-likeness (QED) is 0.772. The van der Waals surface area contributed by atoms with Crippen molar-refractivity contribution in [2.45, 2.75) is 20.4 Å². The second-order valence-electron chi connectivity index (χ2n) is 4.53. The number of methoxy groups -OCH3 is 1. The average molecular weight is 260 g/mol. The molecule has 2 rings (SSSR count). The lowest BCUT2D eigenvalue weighted by Crippen LogP contribution is -2.31. The van der Waals surface area contributed by atoms with Crippen LogP contribution in [0.2, 0.25) is 0 Å². The van der Waals surface area contributed by atoms with Gasteiger partial charge < -0.3 is 14.8 Å². The molecule has 0 radical (unpaired) electrons. The predicted molar refractivity (Wildman–Crippen MR) is 73.6 cm³/mol. The summed E-state index contributed by atoms with van der Waals surface area (Å²) in [5.74, 6) is 0.465. The fraction of sp³-hybridized carbons (Fsp3) is 0.308. The molecule has 5 nitrogen and oxygen atoms in total. The highest BCUT2D eigenvalue weighted by Gasteiger charge is 2.17. The Labute approximate surface area is 112 Å². The molecule has 0 aliphatic carbocycles. The summed E-state index contributed by atoms with van der Waals surface area (Å²) < 4.78 is 6.98. The summed E-state index contributed by atoms with van der Waals surface area (Å²) in [6, 6.07) is 7.35. The van der Waals surface area contributed by atoms with Gasteiger partial charge in [-0.2, -0.15) is 5.10 Å². The molecule has 19 heavy (non-hydrogen) atoms. The Morgan fingerprint density at radius 2 is 2.00 bits per heavy atom. The van der Waals surface area contributed by atoms with Gasteiger partial charge in [0.05, 0.1) is 19.3 Å². The summed E-state index contributed by atoms with van der Waals surface area (Å²) in [6.45, 7) is 4.52. The molecule has 2 N–H and O–H groups in total. The highest BCUT2D eigenvalue weighted by Crippen LogP contribution is 2.12. The van der Waals surface area contributed by atoms with Crippen LogP contribution in [0.3, 0.4) is 0 Å². The van der Waals surface area contributed by atoms with E-state index in [1.54, 1.807) is 12.1 Å². The van der Waals surface area contributed by atoms with Gasteiger partial charge >= 0.3 is 7.12 Å². The lowest BCUT2D eigenvalue weighted by molar-refractivity contribution is 0.403. The van der Waals surface area contributed by atoms with E-state index >= 15 is 0 Å². The molecule has 0 fully saturated rings. The van der Waals surface area contributed by atoms with E-state index in [1.807, 2.05) is 30.7 Å². The van der Waals surface area contributed by atoms with Gasteiger partial charge in [0.25, 0.3) is 0 Å². The van der Waals surface area contributed by atoms with Crippen molar-refractivity contribution in [1.29, 1.82) is 0 Å². The van der Waals surface area contributed by atoms with Gasteiger partial charge in [-0.25, -0.2) is 0 Å². The molecular formula is C13H17BN2O3. The Hall–Kier alpha value is -1.79. The third-order valence-electron chi connectivity index (χ3n) is 3.01. The number of aromatic nitrogens is 2. The lowest BCUT2D eigenvalue weighted by Gasteiger charge is -2.11. The maximum absolute atomic E-state index is 9.34. The first-order valence-electron chi connectivity index (χ1n) is 6.05. The van der Waals surface area contributed by atoms with E-state index in [4.69, 9.17) is 4.74 Å². The number of ether oxygens (including phenoxy) is 1. The van der Waals surface area contributed by atoms with E-state index < -0.39 is 7.12 Å². The molecule has 2 aromatic rings. The zero-order valence-corrected chi connectivity index (χ0v) is 11.3. The molecule has 0 aliphatic rings. The number of rotatable bonds is 4. The van der Waals surface area contributed by atoms with Crippen molar-refractivity contribution < 1.29 is 14.8 Å². The zero-order chi connectivity index (χ0) is 14.0. The molecule has 0 saturated heterocycles. The zero-order valence-electron chi connectivity index (χ0n) is 11.3. The largest absolute Gasteiger partial charge is 0.497 e. The molecule has 1 aromatic heterocycles. The first-order valence-corrected chi connectivity index (χ1v) is 6.05. The number of aryl methyl sites for hydroxylation is 2. The topological polar surface area (TPSA) is 67.5 Å². The monoisotopic (exact) mass is 260 g/mol. The van der Waals surface area contributed by atoms with Crippen molar-refractivity contribution in [3.05, 3.63) is 41.2 Å². The van der Waals surface area contributed by atoms with Gasteiger partial charge in [0.2, 0.25) is 0 Å². The molecule has 0 aliphatic heterocycles. The van der Waals surface area contributed by atoms with E-state index in [-0.39, 0.29) is 0 Å². The summed E-state index contributed by atoms with van der Waals surface area (Å²) in [4.78, 5) is 0. The van der Waals surface area contributed by atoms with Crippen LogP contribution in [-0.2, 0) is 6.54 Å². The molecule has 0 saturated carbocycles. The highest BCUT2D eigenvalue weighted by molar-refractivity contribution is 6.59. The van der Waals surface area contributed by atoms with Gasteiger partial charge in [0.1, 0.15) is 5.75 Å². The van der Waals surface area contributed by atoms with Gasteiger partial charge in [-0.05, 0) is 31.5 Å². The molecule has 100 valence electrons. The Balaban J connectivity index is 2.31. The highest BCUT2D eigenvalue weighted by atomic mass is 16.5. The standard InChI is InChI=1S/C13H17BN2O3/c1-9-6-10(2)16(15-9)8-11-4-5-13(19-3)12(7-11)14(17)18/h4-7,17-18H,8H2,1-3H3. The number of hydrogen-bond acceptors (Lipinski definition) is 4. The molecule has 0 spiro atoms. The van der Waals surface area contributed by atoms with Gasteiger partial charge in [0.15, 0.2) is 0 Å². The van der Waals surface area contributed by atoms with Gasteiger partial charge in [-0.3, -0.25) is 4.68 Å². The van der Waals surface area contributed by atoms with Crippen LogP contribution in [0.5, 0.6) is 5.75 Å². The van der Waals surface area contributed by atoms with Crippen molar-refractivity contribution >= 4 is 12.6 Å². The molecule has 0 unspecified atom stereocenters. The third-order valence-corrected chi connectivity index (χ3v) is 3.01. The van der Waals surface area contributed by atoms with Crippen LogP contribution < -0.4 is 10.2 Å². The summed E-state index contributed by atoms with van der Waals surface area (Å²) >= 11 is 0. The fourth-order valence-corrected chi connectivity index (χ4v) is 2.09. The van der Waals surface area contributed by atoms with Crippen molar-refractivity contribution in [3.63, 3.8) is 0 Å². The molecule has 1 heterocycles. The maximum atomic E-state index is 9.34. The van der Waals surface area contributed by atoms with Crippen LogP contribution in [0.25, 0.3) is 0 Å². The first-order chi connectivity index (χ1) is 9.01. The summed E-state index contributed by atoms with van der Waals surface area (Å²) in [6.07, 6.45) is 0. The van der Waals surface area contributed by atoms with Crippen LogP contribution >= 0.6 is 0 Å². The van der Waals surface area contributed by atoms with E-state index in [0.29, 0.717) is 17.8 Å². The van der Waals surface area contributed by atoms with Crippen molar-refractivity contribution in [2.75, 3.05) is 7.11 Å². The second-order valence-corrected chi connectivity index (χ2v) is 4.53. The van der Waals surface area contributed by atoms with Gasteiger partial charge in [-0.15, -0.1) is 0 Å². The lowest BCUT2D eigenvalue weighted by atomic mass is 9.78. The van der Waals surface area contributed by atoms with Crippen molar-refractivity contribution in [3.8, 4) is 5.75 Å². The summed E-state index contributed by atoms with van der Waals surface area (Å²) in [7, 11) is -0.0441. The maximum Gasteiger partial charge on any atom is 0.492 e. The van der Waals surface area contributed by atoms with E-state index in [2.05, 4.69) is 5.10 Å². The molecule has 6 heteroatoms. The SMILES string of the molecule is COc1ccc(Cn2nc(C)cc2C)cc1B(O)O. The van der Waals surface area contributed by atoms with Crippen LogP contribution in [0.15, 0.2) is 24.3 Å². The van der Waals surface area contributed by atoms with Crippen LogP contribution in [0.1, 0.15) is 17.0 Å². The summed E-state index contributed by atoms with van der Waals surface area (Å²) in [5, 5.41) is 23.1. The minimum atomic E-state index is -1.55. The Morgan fingerprint density at radius 1 is 1.26 bits per heavy atom. The van der Waals surface area contributed by atoms with Crippen molar-refractivity contribution in [1.82, 2.24) is 9.78 Å². The van der Waals surface area contributed by atoms with Crippen LogP contribution in [-0.4, -0.2) is 34.1 Å². The Kier molecular flexibility index (Phi) is 3.92. The summed E-state index contributed by atoms with van der Waals surface area (Å²) in [5.41, 5.74) is 3.34. The van der Waals surface area contributed by atoms with E-state index in [1.165, 1.54) is 7.11 Å². The van der Waals surface area contributed by atoms with Crippen LogP contribution in [0, 0.1) is 13.8 Å². The second kappa shape index (κ2) is 5.46. The number of nitrogens with zero attached hydrogens (tertiary/aromatic N) is 2. The van der Waals surface area contributed by atoms with E-state index in [0.717, 1.165) is 17.0 Å².